The smallest absolute Gasteiger partial charge is 0.529 e. The van der Waals surface area contributed by atoms with Gasteiger partial charge in [0.25, 0.3) is 0 Å². The summed E-state index contributed by atoms with van der Waals surface area (Å²) in [6, 6.07) is 37.7. The van der Waals surface area contributed by atoms with E-state index in [0.29, 0.717) is 0 Å². The first kappa shape index (κ1) is 20.8. The highest BCUT2D eigenvalue weighted by Gasteiger charge is 2.02. The summed E-state index contributed by atoms with van der Waals surface area (Å²) in [7, 11) is 0.201. The van der Waals surface area contributed by atoms with Gasteiger partial charge in [0.2, 0.25) is 0 Å². The minimum atomic E-state index is 0.201. The minimum Gasteiger partial charge on any atom is -0.529 e. The molecule has 3 heteroatoms. The Bertz CT molecular complexity index is 943. The van der Waals surface area contributed by atoms with Gasteiger partial charge in [0.05, 0.1) is 0 Å². The van der Waals surface area contributed by atoms with Gasteiger partial charge in [0, 0.05) is 0 Å². The van der Waals surface area contributed by atoms with Crippen molar-refractivity contribution < 1.29 is 9.31 Å². The zero-order chi connectivity index (χ0) is 21.1. The molecule has 0 aromatic heterocycles. The Hall–Kier alpha value is -3.46. The Kier molecular flexibility index (Phi) is 7.43. The predicted molar refractivity (Wildman–Crippen MR) is 129 cm³/mol. The molecule has 4 aromatic carbocycles. The number of hydrogen-bond acceptors (Lipinski definition) is 2. The van der Waals surface area contributed by atoms with Crippen molar-refractivity contribution in [2.45, 2.75) is 25.7 Å². The van der Waals surface area contributed by atoms with Crippen LogP contribution in [0.2, 0.25) is 0 Å². The third kappa shape index (κ3) is 6.79. The highest BCUT2D eigenvalue weighted by molar-refractivity contribution is 6.20. The zero-order valence-corrected chi connectivity index (χ0v) is 17.7. The molecule has 31 heavy (non-hydrogen) atoms. The van der Waals surface area contributed by atoms with Crippen LogP contribution in [0.5, 0.6) is 11.5 Å². The third-order valence-electron chi connectivity index (χ3n) is 5.39. The Balaban J connectivity index is 1.18. The predicted octanol–water partition coefficient (Wildman–Crippen LogP) is 5.98. The molecule has 0 amide bonds. The highest BCUT2D eigenvalue weighted by Crippen LogP contribution is 2.16. The van der Waals surface area contributed by atoms with Gasteiger partial charge in [-0.05, 0) is 72.2 Å². The first-order valence-corrected chi connectivity index (χ1v) is 10.9. The van der Waals surface area contributed by atoms with Gasteiger partial charge in [-0.15, -0.1) is 0 Å². The largest absolute Gasteiger partial charge is 0.576 e. The van der Waals surface area contributed by atoms with Gasteiger partial charge in [-0.2, -0.15) is 0 Å². The van der Waals surface area contributed by atoms with Crippen molar-refractivity contribution in [3.05, 3.63) is 131 Å². The van der Waals surface area contributed by atoms with Crippen molar-refractivity contribution in [2.75, 3.05) is 0 Å². The molecule has 0 aliphatic rings. The molecule has 4 rings (SSSR count). The average molecular weight is 406 g/mol. The van der Waals surface area contributed by atoms with Crippen LogP contribution in [0.4, 0.5) is 0 Å². The topological polar surface area (TPSA) is 18.5 Å². The average Bonchev–Trinajstić information content (AvgIpc) is 2.84. The summed E-state index contributed by atoms with van der Waals surface area (Å²) in [5, 5.41) is 0. The maximum atomic E-state index is 5.74. The second kappa shape index (κ2) is 11.1. The summed E-state index contributed by atoms with van der Waals surface area (Å²) < 4.78 is 11.5. The summed E-state index contributed by atoms with van der Waals surface area (Å²) in [5.74, 6) is 1.64. The van der Waals surface area contributed by atoms with E-state index in [1.54, 1.807) is 0 Å². The molecule has 4 aromatic rings. The SMILES string of the molecule is B(Oc1ccc(CCc2ccccc2)cc1)Oc1ccc(CCc2ccccc2)cc1. The molecule has 0 fully saturated rings. The summed E-state index contributed by atoms with van der Waals surface area (Å²) in [6.07, 6.45) is 4.14. The van der Waals surface area contributed by atoms with Crippen LogP contribution in [0.1, 0.15) is 22.3 Å². The summed E-state index contributed by atoms with van der Waals surface area (Å²) in [5.41, 5.74) is 5.34. The minimum absolute atomic E-state index is 0.201. The van der Waals surface area contributed by atoms with Gasteiger partial charge in [0.1, 0.15) is 11.5 Å². The van der Waals surface area contributed by atoms with Crippen LogP contribution in [0.3, 0.4) is 0 Å². The molecule has 0 aliphatic heterocycles. The third-order valence-corrected chi connectivity index (χ3v) is 5.39. The van der Waals surface area contributed by atoms with Crippen molar-refractivity contribution in [1.29, 1.82) is 0 Å². The van der Waals surface area contributed by atoms with Crippen LogP contribution >= 0.6 is 0 Å². The molecule has 0 heterocycles. The number of rotatable bonds is 10. The molecule has 0 saturated carbocycles. The van der Waals surface area contributed by atoms with E-state index in [4.69, 9.17) is 9.31 Å². The van der Waals surface area contributed by atoms with Crippen LogP contribution in [-0.2, 0) is 25.7 Å². The maximum Gasteiger partial charge on any atom is 0.576 e. The van der Waals surface area contributed by atoms with Crippen LogP contribution < -0.4 is 9.31 Å². The fourth-order valence-corrected chi connectivity index (χ4v) is 3.54. The summed E-state index contributed by atoms with van der Waals surface area (Å²) in [4.78, 5) is 0. The lowest BCUT2D eigenvalue weighted by Gasteiger charge is -2.09. The van der Waals surface area contributed by atoms with E-state index < -0.39 is 0 Å². The summed E-state index contributed by atoms with van der Waals surface area (Å²) in [6.45, 7) is 0. The van der Waals surface area contributed by atoms with E-state index in [2.05, 4.69) is 84.9 Å². The molecule has 0 saturated heterocycles. The van der Waals surface area contributed by atoms with E-state index in [-0.39, 0.29) is 7.69 Å². The fourth-order valence-electron chi connectivity index (χ4n) is 3.54. The first-order valence-electron chi connectivity index (χ1n) is 10.9. The van der Waals surface area contributed by atoms with E-state index in [1.165, 1.54) is 22.3 Å². The van der Waals surface area contributed by atoms with Crippen LogP contribution in [0, 0.1) is 0 Å². The second-order valence-electron chi connectivity index (χ2n) is 7.67. The molecule has 2 nitrogen and oxygen atoms in total. The van der Waals surface area contributed by atoms with Gasteiger partial charge < -0.3 is 9.31 Å². The fraction of sp³-hybridized carbons (Fsp3) is 0.143. The molecule has 0 bridgehead atoms. The Morgan fingerprint density at radius 3 is 1.06 bits per heavy atom. The van der Waals surface area contributed by atoms with Gasteiger partial charge in [-0.3, -0.25) is 0 Å². The molecular formula is C28H27BO2. The quantitative estimate of drug-likeness (QED) is 0.302. The molecule has 0 N–H and O–H groups in total. The van der Waals surface area contributed by atoms with Crippen molar-refractivity contribution in [3.8, 4) is 11.5 Å². The Morgan fingerprint density at radius 2 is 0.710 bits per heavy atom. The van der Waals surface area contributed by atoms with E-state index in [1.807, 2.05) is 24.3 Å². The second-order valence-corrected chi connectivity index (χ2v) is 7.67. The van der Waals surface area contributed by atoms with Crippen molar-refractivity contribution in [1.82, 2.24) is 0 Å². The maximum absolute atomic E-state index is 5.74. The monoisotopic (exact) mass is 406 g/mol. The normalized spacial score (nSPS) is 10.5. The molecule has 0 atom stereocenters. The van der Waals surface area contributed by atoms with Crippen LogP contribution in [-0.4, -0.2) is 7.69 Å². The van der Waals surface area contributed by atoms with Gasteiger partial charge in [-0.1, -0.05) is 84.9 Å². The Labute approximate surface area is 185 Å². The molecule has 0 radical (unpaired) electrons. The van der Waals surface area contributed by atoms with E-state index in [9.17, 15) is 0 Å². The standard InChI is InChI=1S/C28H27BO2/c1-3-7-23(8-4-1)11-13-25-15-19-27(20-16-25)30-29-31-28-21-17-26(18-22-28)14-12-24-9-5-2-6-10-24/h1-10,15-22,29H,11-14H2. The van der Waals surface area contributed by atoms with Crippen molar-refractivity contribution in [2.24, 2.45) is 0 Å². The van der Waals surface area contributed by atoms with E-state index >= 15 is 0 Å². The molecule has 0 unspecified atom stereocenters. The van der Waals surface area contributed by atoms with Crippen molar-refractivity contribution >= 4 is 7.69 Å². The number of aryl methyl sites for hydroxylation is 4. The van der Waals surface area contributed by atoms with Gasteiger partial charge in [-0.25, -0.2) is 0 Å². The van der Waals surface area contributed by atoms with Crippen LogP contribution in [0.25, 0.3) is 0 Å². The lowest BCUT2D eigenvalue weighted by atomic mass is 10.0. The molecule has 0 aliphatic carbocycles. The van der Waals surface area contributed by atoms with Gasteiger partial charge in [0.15, 0.2) is 0 Å². The van der Waals surface area contributed by atoms with Crippen molar-refractivity contribution in [3.63, 3.8) is 0 Å². The summed E-state index contributed by atoms with van der Waals surface area (Å²) >= 11 is 0. The van der Waals surface area contributed by atoms with Gasteiger partial charge >= 0.3 is 7.69 Å². The highest BCUT2D eigenvalue weighted by atomic mass is 16.6. The first-order chi connectivity index (χ1) is 15.3. The number of hydrogen-bond donors (Lipinski definition) is 0. The Morgan fingerprint density at radius 1 is 0.387 bits per heavy atom. The van der Waals surface area contributed by atoms with Crippen LogP contribution in [0.15, 0.2) is 109 Å². The zero-order valence-electron chi connectivity index (χ0n) is 17.7. The lowest BCUT2D eigenvalue weighted by Crippen LogP contribution is -2.10. The lowest BCUT2D eigenvalue weighted by molar-refractivity contribution is 0.459. The number of benzene rings is 4. The molecular weight excluding hydrogens is 379 g/mol. The molecule has 0 spiro atoms. The molecule has 154 valence electrons. The van der Waals surface area contributed by atoms with E-state index in [0.717, 1.165) is 37.2 Å².